The van der Waals surface area contributed by atoms with E-state index in [-0.39, 0.29) is 0 Å². The summed E-state index contributed by atoms with van der Waals surface area (Å²) in [7, 11) is 0. The molecule has 2 heteroatoms. The predicted molar refractivity (Wildman–Crippen MR) is 57.2 cm³/mol. The summed E-state index contributed by atoms with van der Waals surface area (Å²) in [6.07, 6.45) is 9.65. The Morgan fingerprint density at radius 1 is 1.29 bits per heavy atom. The highest BCUT2D eigenvalue weighted by Crippen LogP contribution is 2.33. The van der Waals surface area contributed by atoms with Crippen LogP contribution in [0.3, 0.4) is 0 Å². The van der Waals surface area contributed by atoms with E-state index in [4.69, 9.17) is 0 Å². The third kappa shape index (κ3) is 1.90. The molecule has 0 aromatic heterocycles. The van der Waals surface area contributed by atoms with Crippen LogP contribution in [0, 0.1) is 0 Å². The molecule has 2 aliphatic rings. The van der Waals surface area contributed by atoms with Crippen molar-refractivity contribution in [2.24, 2.45) is 0 Å². The number of rotatable bonds is 3. The van der Waals surface area contributed by atoms with Crippen molar-refractivity contribution in [1.29, 1.82) is 0 Å². The van der Waals surface area contributed by atoms with Gasteiger partial charge in [0.1, 0.15) is 5.78 Å². The molecule has 2 rings (SSSR count). The van der Waals surface area contributed by atoms with Crippen LogP contribution in [0.4, 0.5) is 0 Å². The Labute approximate surface area is 86.0 Å². The Kier molecular flexibility index (Phi) is 3.02. The molecule has 2 saturated heterocycles. The fraction of sp³-hybridized carbons (Fsp3) is 0.750. The number of hydrogen-bond donors (Lipinski definition) is 0. The zero-order valence-corrected chi connectivity index (χ0v) is 8.91. The quantitative estimate of drug-likeness (QED) is 0.640. The summed E-state index contributed by atoms with van der Waals surface area (Å²) in [6.45, 7) is 3.21. The normalized spacial score (nSPS) is 33.1. The van der Waals surface area contributed by atoms with Crippen LogP contribution in [0.2, 0.25) is 0 Å². The maximum Gasteiger partial charge on any atom is 0.136 e. The van der Waals surface area contributed by atoms with Gasteiger partial charge in [-0.3, -0.25) is 9.69 Å². The second kappa shape index (κ2) is 4.26. The van der Waals surface area contributed by atoms with E-state index in [1.807, 2.05) is 0 Å². The van der Waals surface area contributed by atoms with Gasteiger partial charge in [0.05, 0.1) is 0 Å². The van der Waals surface area contributed by atoms with E-state index >= 15 is 0 Å². The molecule has 14 heavy (non-hydrogen) atoms. The summed E-state index contributed by atoms with van der Waals surface area (Å²) in [5.74, 6) is 0.480. The smallest absolute Gasteiger partial charge is 0.136 e. The molecule has 2 nitrogen and oxygen atoms in total. The standard InChI is InChI=1S/C12H19NO/c1-2-3-4-7-13-10-5-6-11(13)9-12(14)8-10/h3-4,10-11H,2,5-9H2,1H3/b4-3+. The lowest BCUT2D eigenvalue weighted by atomic mass is 10.0. The predicted octanol–water partition coefficient (Wildman–Crippen LogP) is 2.15. The fourth-order valence-corrected chi connectivity index (χ4v) is 2.72. The molecule has 0 aliphatic carbocycles. The van der Waals surface area contributed by atoms with Crippen LogP contribution < -0.4 is 0 Å². The average molecular weight is 193 g/mol. The van der Waals surface area contributed by atoms with Crippen molar-refractivity contribution in [3.8, 4) is 0 Å². The molecule has 0 saturated carbocycles. The van der Waals surface area contributed by atoms with Gasteiger partial charge >= 0.3 is 0 Å². The zero-order chi connectivity index (χ0) is 9.97. The number of nitrogens with zero attached hydrogens (tertiary/aromatic N) is 1. The number of Topliss-reactive ketones (excluding diaryl/α,β-unsaturated/α-hetero) is 1. The second-order valence-electron chi connectivity index (χ2n) is 4.41. The molecule has 2 atom stereocenters. The fourth-order valence-electron chi connectivity index (χ4n) is 2.72. The molecule has 0 amide bonds. The summed E-state index contributed by atoms with van der Waals surface area (Å²) in [6, 6.07) is 1.12. The molecule has 0 aromatic rings. The van der Waals surface area contributed by atoms with Crippen LogP contribution in [0.15, 0.2) is 12.2 Å². The lowest BCUT2D eigenvalue weighted by Crippen LogP contribution is -2.43. The lowest BCUT2D eigenvalue weighted by Gasteiger charge is -2.32. The molecule has 2 bridgehead atoms. The molecule has 2 unspecified atom stereocenters. The number of hydrogen-bond acceptors (Lipinski definition) is 2. The molecule has 2 heterocycles. The van der Waals surface area contributed by atoms with Crippen molar-refractivity contribution in [2.75, 3.05) is 6.54 Å². The number of fused-ring (bicyclic) bond motifs is 2. The van der Waals surface area contributed by atoms with Gasteiger partial charge in [-0.15, -0.1) is 0 Å². The Hall–Kier alpha value is -0.630. The second-order valence-corrected chi connectivity index (χ2v) is 4.41. The number of allylic oxidation sites excluding steroid dienone is 1. The monoisotopic (exact) mass is 193 g/mol. The van der Waals surface area contributed by atoms with E-state index in [0.717, 1.165) is 25.8 Å². The van der Waals surface area contributed by atoms with Crippen molar-refractivity contribution in [2.45, 2.75) is 51.1 Å². The van der Waals surface area contributed by atoms with E-state index in [1.54, 1.807) is 0 Å². The first-order valence-electron chi connectivity index (χ1n) is 5.73. The Balaban J connectivity index is 1.94. The van der Waals surface area contributed by atoms with Crippen LogP contribution >= 0.6 is 0 Å². The minimum atomic E-state index is 0.480. The van der Waals surface area contributed by atoms with Crippen LogP contribution in [0.1, 0.15) is 39.0 Å². The van der Waals surface area contributed by atoms with Crippen LogP contribution in [0.5, 0.6) is 0 Å². The van der Waals surface area contributed by atoms with Crippen molar-refractivity contribution in [1.82, 2.24) is 4.90 Å². The van der Waals surface area contributed by atoms with Crippen molar-refractivity contribution in [3.05, 3.63) is 12.2 Å². The Bertz CT molecular complexity index is 231. The van der Waals surface area contributed by atoms with Gasteiger partial charge in [-0.1, -0.05) is 19.1 Å². The highest BCUT2D eigenvalue weighted by Gasteiger charge is 2.38. The SMILES string of the molecule is CC/C=C/CN1C2CCC1CC(=O)C2. The van der Waals surface area contributed by atoms with Crippen molar-refractivity contribution < 1.29 is 4.79 Å². The van der Waals surface area contributed by atoms with E-state index in [0.29, 0.717) is 17.9 Å². The van der Waals surface area contributed by atoms with Crippen molar-refractivity contribution in [3.63, 3.8) is 0 Å². The molecular formula is C12H19NO. The highest BCUT2D eigenvalue weighted by molar-refractivity contribution is 5.80. The summed E-state index contributed by atoms with van der Waals surface area (Å²) in [5.41, 5.74) is 0. The van der Waals surface area contributed by atoms with E-state index in [9.17, 15) is 4.79 Å². The zero-order valence-electron chi connectivity index (χ0n) is 8.91. The maximum atomic E-state index is 11.4. The van der Waals surface area contributed by atoms with Crippen LogP contribution in [0.25, 0.3) is 0 Å². The molecule has 0 N–H and O–H groups in total. The topological polar surface area (TPSA) is 20.3 Å². The number of carbonyl (C=O) groups excluding carboxylic acids is 1. The third-order valence-electron chi connectivity index (χ3n) is 3.42. The summed E-state index contributed by atoms with van der Waals surface area (Å²) >= 11 is 0. The molecule has 0 radical (unpaired) electrons. The molecule has 2 fully saturated rings. The van der Waals surface area contributed by atoms with Gasteiger partial charge in [-0.05, 0) is 19.3 Å². The van der Waals surface area contributed by atoms with Gasteiger partial charge in [-0.2, -0.15) is 0 Å². The number of ketones is 1. The average Bonchev–Trinajstić information content (AvgIpc) is 2.42. The minimum Gasteiger partial charge on any atom is -0.300 e. The third-order valence-corrected chi connectivity index (χ3v) is 3.42. The van der Waals surface area contributed by atoms with Crippen LogP contribution in [-0.4, -0.2) is 29.3 Å². The van der Waals surface area contributed by atoms with Gasteiger partial charge in [0.15, 0.2) is 0 Å². The minimum absolute atomic E-state index is 0.480. The first-order chi connectivity index (χ1) is 6.81. The van der Waals surface area contributed by atoms with Gasteiger partial charge in [-0.25, -0.2) is 0 Å². The van der Waals surface area contributed by atoms with E-state index in [2.05, 4.69) is 24.0 Å². The van der Waals surface area contributed by atoms with Gasteiger partial charge < -0.3 is 0 Å². The summed E-state index contributed by atoms with van der Waals surface area (Å²) in [4.78, 5) is 13.9. The van der Waals surface area contributed by atoms with Crippen molar-refractivity contribution >= 4 is 5.78 Å². The van der Waals surface area contributed by atoms with E-state index < -0.39 is 0 Å². The summed E-state index contributed by atoms with van der Waals surface area (Å²) < 4.78 is 0. The molecular weight excluding hydrogens is 174 g/mol. The molecule has 0 aromatic carbocycles. The Morgan fingerprint density at radius 2 is 1.93 bits per heavy atom. The summed E-state index contributed by atoms with van der Waals surface area (Å²) in [5, 5.41) is 0. The van der Waals surface area contributed by atoms with Crippen LogP contribution in [-0.2, 0) is 4.79 Å². The number of carbonyl (C=O) groups is 1. The van der Waals surface area contributed by atoms with Gasteiger partial charge in [0, 0.05) is 31.5 Å². The molecule has 0 spiro atoms. The Morgan fingerprint density at radius 3 is 2.50 bits per heavy atom. The maximum absolute atomic E-state index is 11.4. The first-order valence-corrected chi connectivity index (χ1v) is 5.73. The first kappa shape index (κ1) is 9.91. The van der Waals surface area contributed by atoms with E-state index in [1.165, 1.54) is 12.8 Å². The highest BCUT2D eigenvalue weighted by atomic mass is 16.1. The molecule has 2 aliphatic heterocycles. The van der Waals surface area contributed by atoms with Gasteiger partial charge in [0.25, 0.3) is 0 Å². The van der Waals surface area contributed by atoms with Gasteiger partial charge in [0.2, 0.25) is 0 Å². The lowest BCUT2D eigenvalue weighted by molar-refractivity contribution is -0.123. The number of piperidine rings is 1. The molecule has 78 valence electrons. The largest absolute Gasteiger partial charge is 0.300 e.